The summed E-state index contributed by atoms with van der Waals surface area (Å²) in [5.41, 5.74) is 1.24. The molecule has 28 heavy (non-hydrogen) atoms. The normalized spacial score (nSPS) is 19.8. The van der Waals surface area contributed by atoms with Crippen molar-refractivity contribution in [3.63, 3.8) is 0 Å². The Morgan fingerprint density at radius 1 is 1.00 bits per heavy atom. The predicted molar refractivity (Wildman–Crippen MR) is 108 cm³/mol. The average molecular weight is 381 g/mol. The van der Waals surface area contributed by atoms with Gasteiger partial charge < -0.3 is 19.9 Å². The number of piperazine rings is 1. The molecule has 0 radical (unpaired) electrons. The number of hydrogen-bond donors (Lipinski definition) is 1. The lowest BCUT2D eigenvalue weighted by Crippen LogP contribution is -2.55. The van der Waals surface area contributed by atoms with Crippen LogP contribution in [0, 0.1) is 0 Å². The fourth-order valence-electron chi connectivity index (χ4n) is 4.03. The van der Waals surface area contributed by atoms with Gasteiger partial charge in [-0.3, -0.25) is 4.79 Å². The number of ether oxygens (including phenoxy) is 1. The van der Waals surface area contributed by atoms with Gasteiger partial charge in [0.25, 0.3) is 5.91 Å². The fraction of sp³-hybridized carbons (Fsp3) is 0.455. The van der Waals surface area contributed by atoms with Gasteiger partial charge in [-0.05, 0) is 35.6 Å². The molecule has 0 bridgehead atoms. The summed E-state index contributed by atoms with van der Waals surface area (Å²) in [6.45, 7) is 3.57. The summed E-state index contributed by atoms with van der Waals surface area (Å²) >= 11 is 0. The quantitative estimate of drug-likeness (QED) is 0.885. The molecule has 2 aliphatic heterocycles. The molecule has 2 fully saturated rings. The van der Waals surface area contributed by atoms with Gasteiger partial charge in [0.2, 0.25) is 0 Å². The highest BCUT2D eigenvalue weighted by Gasteiger charge is 2.31. The smallest absolute Gasteiger partial charge is 0.317 e. The Kier molecular flexibility index (Phi) is 5.76. The van der Waals surface area contributed by atoms with Gasteiger partial charge in [-0.15, -0.1) is 0 Å². The van der Waals surface area contributed by atoms with E-state index in [0.717, 1.165) is 19.3 Å². The summed E-state index contributed by atoms with van der Waals surface area (Å²) in [6, 6.07) is 14.5. The van der Waals surface area contributed by atoms with Crippen LogP contribution in [0.2, 0.25) is 0 Å². The van der Waals surface area contributed by atoms with E-state index in [4.69, 9.17) is 4.74 Å². The van der Waals surface area contributed by atoms with E-state index >= 15 is 0 Å². The number of hydrogen-bond acceptors (Lipinski definition) is 3. The maximum Gasteiger partial charge on any atom is 0.317 e. The zero-order chi connectivity index (χ0) is 19.3. The molecule has 2 aliphatic rings. The maximum atomic E-state index is 12.5. The monoisotopic (exact) mass is 381 g/mol. The Hall–Kier alpha value is -2.60. The third kappa shape index (κ3) is 4.12. The second-order valence-corrected chi connectivity index (χ2v) is 7.43. The maximum absolute atomic E-state index is 12.5. The minimum absolute atomic E-state index is 0.0514. The number of fused-ring (bicyclic) bond motifs is 1. The Morgan fingerprint density at radius 2 is 1.75 bits per heavy atom. The molecule has 0 saturated carbocycles. The summed E-state index contributed by atoms with van der Waals surface area (Å²) in [5, 5.41) is 5.48. The van der Waals surface area contributed by atoms with E-state index in [1.165, 1.54) is 16.3 Å². The summed E-state index contributed by atoms with van der Waals surface area (Å²) in [4.78, 5) is 28.5. The second-order valence-electron chi connectivity index (χ2n) is 7.43. The van der Waals surface area contributed by atoms with E-state index in [0.29, 0.717) is 39.3 Å². The molecule has 1 N–H and O–H groups in total. The minimum Gasteiger partial charge on any atom is -0.368 e. The van der Waals surface area contributed by atoms with Gasteiger partial charge in [0.1, 0.15) is 6.10 Å². The lowest BCUT2D eigenvalue weighted by Gasteiger charge is -2.35. The number of amides is 3. The van der Waals surface area contributed by atoms with Gasteiger partial charge in [0.05, 0.1) is 0 Å². The lowest BCUT2D eigenvalue weighted by atomic mass is 10.0. The molecule has 4 rings (SSSR count). The molecular formula is C22H27N3O3. The SMILES string of the molecule is O=C(NCCc1cccc2ccccc12)N1CCN(C(=O)C2CCCO2)CC1. The van der Waals surface area contributed by atoms with Crippen molar-refractivity contribution < 1.29 is 14.3 Å². The molecule has 148 valence electrons. The Labute approximate surface area is 165 Å². The van der Waals surface area contributed by atoms with Gasteiger partial charge in [0, 0.05) is 39.3 Å². The van der Waals surface area contributed by atoms with Crippen molar-refractivity contribution in [2.45, 2.75) is 25.4 Å². The van der Waals surface area contributed by atoms with E-state index in [1.807, 2.05) is 17.0 Å². The van der Waals surface area contributed by atoms with Crippen LogP contribution in [-0.2, 0) is 16.0 Å². The van der Waals surface area contributed by atoms with Gasteiger partial charge in [0.15, 0.2) is 0 Å². The summed E-state index contributed by atoms with van der Waals surface area (Å²) < 4.78 is 5.48. The molecule has 0 aliphatic carbocycles. The molecular weight excluding hydrogens is 354 g/mol. The molecule has 1 atom stereocenters. The second kappa shape index (κ2) is 8.61. The molecule has 3 amide bonds. The highest BCUT2D eigenvalue weighted by atomic mass is 16.5. The Morgan fingerprint density at radius 3 is 2.54 bits per heavy atom. The topological polar surface area (TPSA) is 61.9 Å². The van der Waals surface area contributed by atoms with Gasteiger partial charge in [-0.1, -0.05) is 42.5 Å². The molecule has 2 aromatic rings. The number of carbonyl (C=O) groups excluding carboxylic acids is 2. The van der Waals surface area contributed by atoms with E-state index < -0.39 is 0 Å². The number of benzene rings is 2. The highest BCUT2D eigenvalue weighted by Crippen LogP contribution is 2.19. The van der Waals surface area contributed by atoms with Crippen molar-refractivity contribution in [1.82, 2.24) is 15.1 Å². The van der Waals surface area contributed by atoms with E-state index in [-0.39, 0.29) is 18.0 Å². The van der Waals surface area contributed by atoms with E-state index in [2.05, 4.69) is 35.6 Å². The third-order valence-electron chi connectivity index (χ3n) is 5.63. The van der Waals surface area contributed by atoms with Crippen LogP contribution in [0.4, 0.5) is 4.79 Å². The molecule has 1 unspecified atom stereocenters. The van der Waals surface area contributed by atoms with Crippen molar-refractivity contribution in [3.8, 4) is 0 Å². The number of nitrogens with one attached hydrogen (secondary N) is 1. The van der Waals surface area contributed by atoms with Crippen LogP contribution in [0.3, 0.4) is 0 Å². The molecule has 0 spiro atoms. The molecule has 6 heteroatoms. The van der Waals surface area contributed by atoms with Crippen molar-refractivity contribution >= 4 is 22.7 Å². The largest absolute Gasteiger partial charge is 0.368 e. The summed E-state index contributed by atoms with van der Waals surface area (Å²) in [5.74, 6) is 0.0773. The number of carbonyl (C=O) groups is 2. The number of urea groups is 1. The Bertz CT molecular complexity index is 835. The van der Waals surface area contributed by atoms with Crippen LogP contribution in [-0.4, -0.2) is 67.2 Å². The van der Waals surface area contributed by atoms with E-state index in [9.17, 15) is 9.59 Å². The zero-order valence-corrected chi connectivity index (χ0v) is 16.1. The first kappa shape index (κ1) is 18.7. The molecule has 2 saturated heterocycles. The first-order valence-electron chi connectivity index (χ1n) is 10.1. The van der Waals surface area contributed by atoms with Crippen LogP contribution in [0.15, 0.2) is 42.5 Å². The fourth-order valence-corrected chi connectivity index (χ4v) is 4.03. The van der Waals surface area contributed by atoms with Gasteiger partial charge in [-0.25, -0.2) is 4.79 Å². The zero-order valence-electron chi connectivity index (χ0n) is 16.1. The number of rotatable bonds is 4. The number of nitrogens with zero attached hydrogens (tertiary/aromatic N) is 2. The Balaban J connectivity index is 1.24. The molecule has 6 nitrogen and oxygen atoms in total. The van der Waals surface area contributed by atoms with Crippen LogP contribution >= 0.6 is 0 Å². The summed E-state index contributed by atoms with van der Waals surface area (Å²) in [6.07, 6.45) is 2.29. The first-order valence-corrected chi connectivity index (χ1v) is 10.1. The van der Waals surface area contributed by atoms with Crippen molar-refractivity contribution in [2.24, 2.45) is 0 Å². The van der Waals surface area contributed by atoms with Crippen molar-refractivity contribution in [1.29, 1.82) is 0 Å². The third-order valence-corrected chi connectivity index (χ3v) is 5.63. The van der Waals surface area contributed by atoms with Gasteiger partial charge in [-0.2, -0.15) is 0 Å². The predicted octanol–water partition coefficient (Wildman–Crippen LogP) is 2.42. The van der Waals surface area contributed by atoms with Crippen LogP contribution in [0.5, 0.6) is 0 Å². The average Bonchev–Trinajstić information content (AvgIpc) is 3.28. The lowest BCUT2D eigenvalue weighted by molar-refractivity contribution is -0.142. The van der Waals surface area contributed by atoms with Crippen LogP contribution < -0.4 is 5.32 Å². The molecule has 2 heterocycles. The van der Waals surface area contributed by atoms with Crippen molar-refractivity contribution in [3.05, 3.63) is 48.0 Å². The summed E-state index contributed by atoms with van der Waals surface area (Å²) in [7, 11) is 0. The van der Waals surface area contributed by atoms with Crippen molar-refractivity contribution in [2.75, 3.05) is 39.3 Å². The van der Waals surface area contributed by atoms with E-state index in [1.54, 1.807) is 4.90 Å². The minimum atomic E-state index is -0.277. The van der Waals surface area contributed by atoms with Gasteiger partial charge >= 0.3 is 6.03 Å². The highest BCUT2D eigenvalue weighted by molar-refractivity contribution is 5.85. The molecule has 0 aromatic heterocycles. The standard InChI is InChI=1S/C22H27N3O3/c26-21(20-9-4-16-28-20)24-12-14-25(15-13-24)22(27)23-11-10-18-7-3-6-17-5-1-2-8-19(17)18/h1-3,5-8,20H,4,9-16H2,(H,23,27). The van der Waals surface area contributed by atoms with Crippen LogP contribution in [0.25, 0.3) is 10.8 Å². The first-order chi connectivity index (χ1) is 13.7. The molecule has 2 aromatic carbocycles. The van der Waals surface area contributed by atoms with Crippen LogP contribution in [0.1, 0.15) is 18.4 Å².